The number of rotatable bonds is 8. The topological polar surface area (TPSA) is 43.4 Å². The molecular weight excluding hydrogens is 248 g/mol. The molecule has 82 valence electrons. The highest BCUT2D eigenvalue weighted by molar-refractivity contribution is 9.09. The average molecular weight is 265 g/mol. The van der Waals surface area contributed by atoms with E-state index in [1.54, 1.807) is 0 Å². The molecule has 0 fully saturated rings. The largest absolute Gasteiger partial charge is 0.469 e. The molecule has 0 aromatic carbocycles. The molecule has 0 saturated heterocycles. The molecule has 4 heteroatoms. The fourth-order valence-corrected chi connectivity index (χ4v) is 1.39. The fraction of sp³-hybridized carbons (Fsp3) is 0.800. The van der Waals surface area contributed by atoms with Gasteiger partial charge in [-0.1, -0.05) is 28.8 Å². The van der Waals surface area contributed by atoms with Gasteiger partial charge >= 0.3 is 5.97 Å². The van der Waals surface area contributed by atoms with Crippen molar-refractivity contribution in [2.24, 2.45) is 0 Å². The molecule has 0 spiro atoms. The molecule has 0 unspecified atom stereocenters. The van der Waals surface area contributed by atoms with Crippen LogP contribution >= 0.6 is 15.9 Å². The molecule has 0 aliphatic carbocycles. The van der Waals surface area contributed by atoms with Crippen LogP contribution in [0.1, 0.15) is 38.5 Å². The van der Waals surface area contributed by atoms with Crippen molar-refractivity contribution in [3.8, 4) is 0 Å². The standard InChI is InChI=1S/C10H17BrO3/c1-14-10(13)7-5-3-2-4-6-9(12)8-11/h2-8H2,1H3. The van der Waals surface area contributed by atoms with Crippen molar-refractivity contribution < 1.29 is 14.3 Å². The maximum Gasteiger partial charge on any atom is 0.305 e. The zero-order chi connectivity index (χ0) is 10.8. The SMILES string of the molecule is COC(=O)CCCCCCC(=O)CBr. The molecule has 14 heavy (non-hydrogen) atoms. The van der Waals surface area contributed by atoms with Gasteiger partial charge in [0.05, 0.1) is 12.4 Å². The molecule has 0 aromatic rings. The number of hydrogen-bond donors (Lipinski definition) is 0. The monoisotopic (exact) mass is 264 g/mol. The molecular formula is C10H17BrO3. The number of esters is 1. The first-order valence-electron chi connectivity index (χ1n) is 4.85. The Labute approximate surface area is 93.3 Å². The van der Waals surface area contributed by atoms with Crippen molar-refractivity contribution in [2.75, 3.05) is 12.4 Å². The van der Waals surface area contributed by atoms with Gasteiger partial charge in [-0.05, 0) is 12.8 Å². The smallest absolute Gasteiger partial charge is 0.305 e. The molecule has 0 heterocycles. The van der Waals surface area contributed by atoms with E-state index < -0.39 is 0 Å². The number of carbonyl (C=O) groups excluding carboxylic acids is 2. The predicted octanol–water partition coefficient (Wildman–Crippen LogP) is 2.46. The molecule has 0 atom stereocenters. The second-order valence-corrected chi connectivity index (χ2v) is 3.72. The Bertz CT molecular complexity index is 160. The minimum atomic E-state index is -0.151. The van der Waals surface area contributed by atoms with Crippen molar-refractivity contribution in [3.63, 3.8) is 0 Å². The van der Waals surface area contributed by atoms with Crippen LogP contribution in [0.2, 0.25) is 0 Å². The predicted molar refractivity (Wildman–Crippen MR) is 58.5 cm³/mol. The minimum Gasteiger partial charge on any atom is -0.469 e. The number of Topliss-reactive ketones (excluding diaryl/α,β-unsaturated/α-hetero) is 1. The van der Waals surface area contributed by atoms with E-state index in [2.05, 4.69) is 20.7 Å². The van der Waals surface area contributed by atoms with Gasteiger partial charge in [0.25, 0.3) is 0 Å². The Hall–Kier alpha value is -0.380. The zero-order valence-corrected chi connectivity index (χ0v) is 10.1. The van der Waals surface area contributed by atoms with E-state index in [-0.39, 0.29) is 11.8 Å². The Balaban J connectivity index is 3.14. The van der Waals surface area contributed by atoms with Crippen molar-refractivity contribution in [1.29, 1.82) is 0 Å². The van der Waals surface area contributed by atoms with Crippen molar-refractivity contribution in [3.05, 3.63) is 0 Å². The Morgan fingerprint density at radius 2 is 1.64 bits per heavy atom. The summed E-state index contributed by atoms with van der Waals surface area (Å²) in [5, 5.41) is 0.454. The van der Waals surface area contributed by atoms with Crippen LogP contribution in [0.4, 0.5) is 0 Å². The number of ketones is 1. The molecule has 0 amide bonds. The number of carbonyl (C=O) groups is 2. The highest BCUT2D eigenvalue weighted by atomic mass is 79.9. The highest BCUT2D eigenvalue weighted by Crippen LogP contribution is 2.06. The van der Waals surface area contributed by atoms with E-state index in [0.717, 1.165) is 25.7 Å². The molecule has 0 radical (unpaired) electrons. The van der Waals surface area contributed by atoms with Crippen molar-refractivity contribution >= 4 is 27.7 Å². The molecule has 0 aromatic heterocycles. The lowest BCUT2D eigenvalue weighted by Crippen LogP contribution is -2.00. The quantitative estimate of drug-likeness (QED) is 0.384. The fourth-order valence-electron chi connectivity index (χ4n) is 1.11. The molecule has 0 bridgehead atoms. The summed E-state index contributed by atoms with van der Waals surface area (Å²) < 4.78 is 4.51. The van der Waals surface area contributed by atoms with Gasteiger partial charge in [-0.25, -0.2) is 0 Å². The van der Waals surface area contributed by atoms with Gasteiger partial charge in [-0.2, -0.15) is 0 Å². The second-order valence-electron chi connectivity index (χ2n) is 3.16. The van der Waals surface area contributed by atoms with E-state index in [1.807, 2.05) is 0 Å². The number of unbranched alkanes of at least 4 members (excludes halogenated alkanes) is 3. The number of ether oxygens (including phenoxy) is 1. The molecule has 3 nitrogen and oxygen atoms in total. The van der Waals surface area contributed by atoms with Crippen LogP contribution in [-0.4, -0.2) is 24.2 Å². The third-order valence-electron chi connectivity index (χ3n) is 1.96. The van der Waals surface area contributed by atoms with Crippen LogP contribution < -0.4 is 0 Å². The van der Waals surface area contributed by atoms with E-state index in [9.17, 15) is 9.59 Å². The minimum absolute atomic E-state index is 0.151. The van der Waals surface area contributed by atoms with Gasteiger partial charge in [-0.15, -0.1) is 0 Å². The first kappa shape index (κ1) is 13.6. The molecule has 0 aliphatic heterocycles. The highest BCUT2D eigenvalue weighted by Gasteiger charge is 2.01. The molecule has 0 rings (SSSR count). The second kappa shape index (κ2) is 9.19. The summed E-state index contributed by atoms with van der Waals surface area (Å²) in [6.45, 7) is 0. The van der Waals surface area contributed by atoms with E-state index in [0.29, 0.717) is 18.2 Å². The van der Waals surface area contributed by atoms with Gasteiger partial charge in [0.2, 0.25) is 0 Å². The third-order valence-corrected chi connectivity index (χ3v) is 2.59. The van der Waals surface area contributed by atoms with Gasteiger partial charge in [-0.3, -0.25) is 9.59 Å². The number of hydrogen-bond acceptors (Lipinski definition) is 3. The lowest BCUT2D eigenvalue weighted by Gasteiger charge is -1.99. The van der Waals surface area contributed by atoms with Crippen molar-refractivity contribution in [1.82, 2.24) is 0 Å². The van der Waals surface area contributed by atoms with Crippen LogP contribution in [0.3, 0.4) is 0 Å². The van der Waals surface area contributed by atoms with Gasteiger partial charge in [0.1, 0.15) is 5.78 Å². The summed E-state index contributed by atoms with van der Waals surface area (Å²) in [5.74, 6) is 0.0968. The Kier molecular flexibility index (Phi) is 8.94. The Morgan fingerprint density at radius 3 is 2.14 bits per heavy atom. The normalized spacial score (nSPS) is 9.86. The van der Waals surface area contributed by atoms with Crippen LogP contribution in [0.15, 0.2) is 0 Å². The maximum atomic E-state index is 10.9. The van der Waals surface area contributed by atoms with Gasteiger partial charge < -0.3 is 4.74 Å². The summed E-state index contributed by atoms with van der Waals surface area (Å²) in [7, 11) is 1.40. The van der Waals surface area contributed by atoms with Crippen LogP contribution in [0.5, 0.6) is 0 Å². The first-order valence-corrected chi connectivity index (χ1v) is 5.97. The lowest BCUT2D eigenvalue weighted by molar-refractivity contribution is -0.140. The van der Waals surface area contributed by atoms with E-state index >= 15 is 0 Å². The third kappa shape index (κ3) is 8.23. The summed E-state index contributed by atoms with van der Waals surface area (Å²) in [5.41, 5.74) is 0. The lowest BCUT2D eigenvalue weighted by atomic mass is 10.1. The first-order chi connectivity index (χ1) is 6.70. The van der Waals surface area contributed by atoms with Crippen LogP contribution in [0.25, 0.3) is 0 Å². The van der Waals surface area contributed by atoms with Crippen LogP contribution in [-0.2, 0) is 14.3 Å². The summed E-state index contributed by atoms with van der Waals surface area (Å²) in [6.07, 6.45) is 4.91. The average Bonchev–Trinajstić information content (AvgIpc) is 2.22. The molecule has 0 saturated carbocycles. The van der Waals surface area contributed by atoms with Gasteiger partial charge in [0.15, 0.2) is 0 Å². The number of halogens is 1. The summed E-state index contributed by atoms with van der Waals surface area (Å²) in [6, 6.07) is 0. The number of methoxy groups -OCH3 is 1. The zero-order valence-electron chi connectivity index (χ0n) is 8.55. The Morgan fingerprint density at radius 1 is 1.07 bits per heavy atom. The molecule has 0 N–H and O–H groups in total. The maximum absolute atomic E-state index is 10.9. The molecule has 0 aliphatic rings. The number of alkyl halides is 1. The summed E-state index contributed by atoms with van der Waals surface area (Å²) in [4.78, 5) is 21.6. The van der Waals surface area contributed by atoms with Crippen molar-refractivity contribution in [2.45, 2.75) is 38.5 Å². The van der Waals surface area contributed by atoms with E-state index in [1.165, 1.54) is 7.11 Å². The van der Waals surface area contributed by atoms with Gasteiger partial charge in [0, 0.05) is 12.8 Å². The van der Waals surface area contributed by atoms with Crippen LogP contribution in [0, 0.1) is 0 Å². The summed E-state index contributed by atoms with van der Waals surface area (Å²) >= 11 is 3.12. The van der Waals surface area contributed by atoms with E-state index in [4.69, 9.17) is 0 Å².